The fraction of sp³-hybridized carbons (Fsp3) is 0.562. The zero-order chi connectivity index (χ0) is 12.1. The zero-order valence-electron chi connectivity index (χ0n) is 10.8. The number of rotatable bonds is 1. The average Bonchev–Trinajstić information content (AvgIpc) is 3.00. The Morgan fingerprint density at radius 1 is 1.11 bits per heavy atom. The van der Waals surface area contributed by atoms with Crippen molar-refractivity contribution in [3.05, 3.63) is 35.9 Å². The van der Waals surface area contributed by atoms with E-state index in [1.165, 1.54) is 29.9 Å². The molecule has 0 saturated heterocycles. The first-order valence-corrected chi connectivity index (χ1v) is 7.97. The standard InChI is InChI=1S/C16H19NS/c1-10-17-15(11-5-3-2-4-6-11)14-12-7-8-13(9-12)16(14)18-10/h2-6,12-16H,7-9H2,1H3/t12-,13+,14-,15+,16-/m0/s1. The number of nitrogens with zero attached hydrogens (tertiary/aromatic N) is 1. The van der Waals surface area contributed by atoms with Crippen molar-refractivity contribution in [3.8, 4) is 0 Å². The van der Waals surface area contributed by atoms with Gasteiger partial charge in [-0.25, -0.2) is 0 Å². The highest BCUT2D eigenvalue weighted by Crippen LogP contribution is 2.59. The van der Waals surface area contributed by atoms with Gasteiger partial charge in [0.15, 0.2) is 0 Å². The maximum atomic E-state index is 4.99. The Hall–Kier alpha value is -0.760. The molecule has 0 N–H and O–H groups in total. The maximum Gasteiger partial charge on any atom is 0.0799 e. The highest BCUT2D eigenvalue weighted by Gasteiger charge is 2.52. The molecule has 0 aromatic heterocycles. The second-order valence-electron chi connectivity index (χ2n) is 6.00. The number of benzene rings is 1. The molecule has 3 aliphatic rings. The molecule has 0 spiro atoms. The monoisotopic (exact) mass is 257 g/mol. The normalized spacial score (nSPS) is 41.6. The van der Waals surface area contributed by atoms with Crippen molar-refractivity contribution in [1.29, 1.82) is 0 Å². The van der Waals surface area contributed by atoms with E-state index in [2.05, 4.69) is 49.0 Å². The third-order valence-corrected chi connectivity index (χ3v) is 6.45. The first-order valence-electron chi connectivity index (χ1n) is 7.09. The molecule has 2 bridgehead atoms. The van der Waals surface area contributed by atoms with Crippen molar-refractivity contribution >= 4 is 16.8 Å². The summed E-state index contributed by atoms with van der Waals surface area (Å²) in [6, 6.07) is 11.4. The van der Waals surface area contributed by atoms with Crippen molar-refractivity contribution in [2.45, 2.75) is 37.5 Å². The second-order valence-corrected chi connectivity index (χ2v) is 7.37. The predicted molar refractivity (Wildman–Crippen MR) is 78.0 cm³/mol. The van der Waals surface area contributed by atoms with Gasteiger partial charge in [-0.1, -0.05) is 30.3 Å². The molecular weight excluding hydrogens is 238 g/mol. The Morgan fingerprint density at radius 3 is 2.72 bits per heavy atom. The molecule has 1 aliphatic heterocycles. The molecule has 5 atom stereocenters. The van der Waals surface area contributed by atoms with Crippen LogP contribution in [0.1, 0.15) is 37.8 Å². The summed E-state index contributed by atoms with van der Waals surface area (Å²) in [5.74, 6) is 2.72. The van der Waals surface area contributed by atoms with Crippen LogP contribution >= 0.6 is 11.8 Å². The molecule has 4 rings (SSSR count). The minimum atomic E-state index is 0.438. The van der Waals surface area contributed by atoms with Gasteiger partial charge in [0.25, 0.3) is 0 Å². The largest absolute Gasteiger partial charge is 0.275 e. The molecule has 1 aromatic rings. The third-order valence-electron chi connectivity index (χ3n) is 5.04. The van der Waals surface area contributed by atoms with Crippen molar-refractivity contribution < 1.29 is 0 Å². The smallest absolute Gasteiger partial charge is 0.0799 e. The lowest BCUT2D eigenvalue weighted by atomic mass is 9.80. The fourth-order valence-electron chi connectivity index (χ4n) is 4.35. The van der Waals surface area contributed by atoms with Crippen LogP contribution in [0.3, 0.4) is 0 Å². The summed E-state index contributed by atoms with van der Waals surface area (Å²) in [4.78, 5) is 4.99. The van der Waals surface area contributed by atoms with Gasteiger partial charge in [-0.15, -0.1) is 11.8 Å². The Labute approximate surface area is 113 Å². The van der Waals surface area contributed by atoms with Crippen LogP contribution in [-0.2, 0) is 0 Å². The average molecular weight is 257 g/mol. The lowest BCUT2D eigenvalue weighted by molar-refractivity contribution is 0.293. The van der Waals surface area contributed by atoms with Crippen LogP contribution in [-0.4, -0.2) is 10.3 Å². The summed E-state index contributed by atoms with van der Waals surface area (Å²) < 4.78 is 0. The predicted octanol–water partition coefficient (Wildman–Crippen LogP) is 4.31. The van der Waals surface area contributed by atoms with Gasteiger partial charge in [0.05, 0.1) is 11.1 Å². The molecule has 2 aliphatic carbocycles. The van der Waals surface area contributed by atoms with E-state index < -0.39 is 0 Å². The molecule has 2 fully saturated rings. The van der Waals surface area contributed by atoms with E-state index in [4.69, 9.17) is 4.99 Å². The minimum absolute atomic E-state index is 0.438. The van der Waals surface area contributed by atoms with E-state index in [-0.39, 0.29) is 0 Å². The molecule has 0 unspecified atom stereocenters. The SMILES string of the molecule is CC1=N[C@H](c2ccccc2)[C@@H]2[C@H]3CC[C@H](C3)[C@@H]2S1. The molecule has 2 heteroatoms. The van der Waals surface area contributed by atoms with Gasteiger partial charge in [-0.3, -0.25) is 4.99 Å². The van der Waals surface area contributed by atoms with E-state index in [0.717, 1.165) is 23.0 Å². The van der Waals surface area contributed by atoms with Crippen LogP contribution in [0.5, 0.6) is 0 Å². The second kappa shape index (κ2) is 4.12. The summed E-state index contributed by atoms with van der Waals surface area (Å²) in [7, 11) is 0. The number of hydrogen-bond acceptors (Lipinski definition) is 2. The Kier molecular flexibility index (Phi) is 2.54. The summed E-state index contributed by atoms with van der Waals surface area (Å²) >= 11 is 2.07. The number of fused-ring (bicyclic) bond motifs is 5. The van der Waals surface area contributed by atoms with E-state index >= 15 is 0 Å². The molecule has 18 heavy (non-hydrogen) atoms. The number of aliphatic imine (C=N–C) groups is 1. The van der Waals surface area contributed by atoms with Crippen molar-refractivity contribution in [2.24, 2.45) is 22.7 Å². The van der Waals surface area contributed by atoms with Gasteiger partial charge in [0.2, 0.25) is 0 Å². The van der Waals surface area contributed by atoms with Gasteiger partial charge in [0, 0.05) is 11.2 Å². The van der Waals surface area contributed by atoms with Crippen molar-refractivity contribution in [1.82, 2.24) is 0 Å². The summed E-state index contributed by atoms with van der Waals surface area (Å²) in [5, 5.41) is 2.16. The van der Waals surface area contributed by atoms with Gasteiger partial charge in [0.1, 0.15) is 0 Å². The lowest BCUT2D eigenvalue weighted by Gasteiger charge is -2.38. The molecule has 1 heterocycles. The highest BCUT2D eigenvalue weighted by molar-refractivity contribution is 8.14. The molecule has 1 nitrogen and oxygen atoms in total. The number of hydrogen-bond donors (Lipinski definition) is 0. The van der Waals surface area contributed by atoms with Crippen LogP contribution < -0.4 is 0 Å². The molecule has 94 valence electrons. The minimum Gasteiger partial charge on any atom is -0.275 e. The van der Waals surface area contributed by atoms with Crippen LogP contribution in [0.15, 0.2) is 35.3 Å². The Balaban J connectivity index is 1.75. The van der Waals surface area contributed by atoms with Crippen LogP contribution in [0, 0.1) is 17.8 Å². The summed E-state index contributed by atoms with van der Waals surface area (Å²) in [5.41, 5.74) is 1.43. The molecule has 0 radical (unpaired) electrons. The quantitative estimate of drug-likeness (QED) is 0.730. The Morgan fingerprint density at radius 2 is 1.89 bits per heavy atom. The number of thioether (sulfide) groups is 1. The van der Waals surface area contributed by atoms with Gasteiger partial charge in [-0.2, -0.15) is 0 Å². The zero-order valence-corrected chi connectivity index (χ0v) is 11.6. The maximum absolute atomic E-state index is 4.99. The van der Waals surface area contributed by atoms with E-state index in [1.807, 2.05) is 0 Å². The molecule has 0 amide bonds. The third kappa shape index (κ3) is 1.58. The van der Waals surface area contributed by atoms with Gasteiger partial charge < -0.3 is 0 Å². The first kappa shape index (κ1) is 11.1. The van der Waals surface area contributed by atoms with E-state index in [0.29, 0.717) is 6.04 Å². The van der Waals surface area contributed by atoms with Gasteiger partial charge in [-0.05, 0) is 43.6 Å². The Bertz CT molecular complexity index is 481. The van der Waals surface area contributed by atoms with Gasteiger partial charge >= 0.3 is 0 Å². The molecule has 2 saturated carbocycles. The van der Waals surface area contributed by atoms with Crippen LogP contribution in [0.4, 0.5) is 0 Å². The van der Waals surface area contributed by atoms with Crippen LogP contribution in [0.25, 0.3) is 0 Å². The topological polar surface area (TPSA) is 12.4 Å². The lowest BCUT2D eigenvalue weighted by Crippen LogP contribution is -2.33. The molecule has 1 aromatic carbocycles. The van der Waals surface area contributed by atoms with Crippen molar-refractivity contribution in [3.63, 3.8) is 0 Å². The van der Waals surface area contributed by atoms with Crippen molar-refractivity contribution in [2.75, 3.05) is 0 Å². The fourth-order valence-corrected chi connectivity index (χ4v) is 5.89. The van der Waals surface area contributed by atoms with Crippen LogP contribution in [0.2, 0.25) is 0 Å². The summed E-state index contributed by atoms with van der Waals surface area (Å²) in [6.45, 7) is 2.20. The first-order chi connectivity index (χ1) is 8.83. The highest BCUT2D eigenvalue weighted by atomic mass is 32.2. The van der Waals surface area contributed by atoms with E-state index in [1.54, 1.807) is 0 Å². The summed E-state index contributed by atoms with van der Waals surface area (Å²) in [6.07, 6.45) is 4.38. The van der Waals surface area contributed by atoms with E-state index in [9.17, 15) is 0 Å². The molecular formula is C16H19NS.